The maximum atomic E-state index is 13.5. The molecule has 136 valence electrons. The highest BCUT2D eigenvalue weighted by molar-refractivity contribution is 7.89. The van der Waals surface area contributed by atoms with Crippen molar-refractivity contribution in [2.24, 2.45) is 7.05 Å². The lowest BCUT2D eigenvalue weighted by Crippen LogP contribution is -2.40. The molecule has 0 radical (unpaired) electrons. The molecule has 25 heavy (non-hydrogen) atoms. The maximum absolute atomic E-state index is 13.5. The summed E-state index contributed by atoms with van der Waals surface area (Å²) < 4.78 is 66.8. The Balaban J connectivity index is 2.55. The highest BCUT2D eigenvalue weighted by Gasteiger charge is 2.47. The second-order valence-corrected chi connectivity index (χ2v) is 7.63. The number of benzene rings is 1. The molecule has 11 heteroatoms. The number of alkyl halides is 3. The monoisotopic (exact) mass is 395 g/mol. The molecule has 6 nitrogen and oxygen atoms in total. The van der Waals surface area contributed by atoms with Crippen molar-refractivity contribution in [3.05, 3.63) is 57.7 Å². The Labute approximate surface area is 146 Å². The molecule has 0 aliphatic carbocycles. The van der Waals surface area contributed by atoms with E-state index < -0.39 is 32.8 Å². The van der Waals surface area contributed by atoms with Crippen LogP contribution in [0.4, 0.5) is 13.2 Å². The summed E-state index contributed by atoms with van der Waals surface area (Å²) in [6.07, 6.45) is -3.23. The van der Waals surface area contributed by atoms with Crippen LogP contribution in [0.5, 0.6) is 0 Å². The Hall–Kier alpha value is -1.91. The largest absolute Gasteiger partial charge is 0.409 e. The minimum Gasteiger partial charge on any atom is -0.301 e. The van der Waals surface area contributed by atoms with Gasteiger partial charge in [0.05, 0.1) is 6.20 Å². The molecule has 0 saturated heterocycles. The van der Waals surface area contributed by atoms with Gasteiger partial charge in [-0.05, 0) is 17.7 Å². The lowest BCUT2D eigenvalue weighted by molar-refractivity contribution is -0.171. The van der Waals surface area contributed by atoms with Crippen LogP contribution in [0.1, 0.15) is 11.6 Å². The molecule has 0 N–H and O–H groups in total. The van der Waals surface area contributed by atoms with Crippen LogP contribution in [-0.2, 0) is 17.1 Å². The van der Waals surface area contributed by atoms with Gasteiger partial charge in [0.15, 0.2) is 0 Å². The second-order valence-electron chi connectivity index (χ2n) is 5.20. The molecule has 1 heterocycles. The Bertz CT molecular complexity index is 927. The van der Waals surface area contributed by atoms with Crippen molar-refractivity contribution in [2.75, 3.05) is 7.05 Å². The summed E-state index contributed by atoms with van der Waals surface area (Å²) in [6.45, 7) is 0. The van der Waals surface area contributed by atoms with E-state index >= 15 is 0 Å². The zero-order valence-corrected chi connectivity index (χ0v) is 14.6. The predicted octanol–water partition coefficient (Wildman–Crippen LogP) is 2.36. The van der Waals surface area contributed by atoms with E-state index in [1.54, 1.807) is 0 Å². The van der Waals surface area contributed by atoms with Crippen LogP contribution < -0.4 is 5.69 Å². The van der Waals surface area contributed by atoms with Crippen LogP contribution in [0.25, 0.3) is 0 Å². The van der Waals surface area contributed by atoms with E-state index in [2.05, 4.69) is 4.98 Å². The lowest BCUT2D eigenvalue weighted by Gasteiger charge is -2.29. The number of halogens is 4. The molecule has 1 aromatic heterocycles. The molecule has 0 aliphatic rings. The Kier molecular flexibility index (Phi) is 5.26. The molecule has 2 aromatic rings. The molecule has 0 bridgehead atoms. The minimum absolute atomic E-state index is 0.192. The smallest absolute Gasteiger partial charge is 0.301 e. The van der Waals surface area contributed by atoms with E-state index in [1.807, 2.05) is 0 Å². The van der Waals surface area contributed by atoms with Gasteiger partial charge in [0, 0.05) is 25.3 Å². The average molecular weight is 396 g/mol. The molecule has 2 rings (SSSR count). The Morgan fingerprint density at radius 2 is 1.80 bits per heavy atom. The van der Waals surface area contributed by atoms with Crippen LogP contribution in [0, 0.1) is 0 Å². The Morgan fingerprint density at radius 3 is 2.28 bits per heavy atom. The van der Waals surface area contributed by atoms with E-state index in [4.69, 9.17) is 11.6 Å². The van der Waals surface area contributed by atoms with Gasteiger partial charge in [-0.1, -0.05) is 23.7 Å². The third-order valence-corrected chi connectivity index (χ3v) is 5.49. The van der Waals surface area contributed by atoms with Crippen LogP contribution in [0.2, 0.25) is 5.02 Å². The number of nitrogens with zero attached hydrogens (tertiary/aromatic N) is 3. The fourth-order valence-corrected chi connectivity index (χ4v) is 3.63. The van der Waals surface area contributed by atoms with Gasteiger partial charge in [0.1, 0.15) is 10.9 Å². The predicted molar refractivity (Wildman–Crippen MR) is 84.7 cm³/mol. The van der Waals surface area contributed by atoms with E-state index in [1.165, 1.54) is 19.2 Å². The maximum Gasteiger partial charge on any atom is 0.409 e. The van der Waals surface area contributed by atoms with Gasteiger partial charge in [-0.25, -0.2) is 18.2 Å². The zero-order valence-electron chi connectivity index (χ0n) is 13.0. The third-order valence-electron chi connectivity index (χ3n) is 3.46. The van der Waals surface area contributed by atoms with Crippen LogP contribution in [-0.4, -0.2) is 35.5 Å². The van der Waals surface area contributed by atoms with Crippen LogP contribution in [0.3, 0.4) is 0 Å². The first kappa shape index (κ1) is 19.4. The van der Waals surface area contributed by atoms with Crippen molar-refractivity contribution < 1.29 is 21.6 Å². The number of hydrogen-bond donors (Lipinski definition) is 0. The number of aryl methyl sites for hydroxylation is 1. The molecule has 0 spiro atoms. The van der Waals surface area contributed by atoms with Crippen LogP contribution >= 0.6 is 11.6 Å². The summed E-state index contributed by atoms with van der Waals surface area (Å²) in [7, 11) is -2.50. The highest BCUT2D eigenvalue weighted by atomic mass is 35.5. The fourth-order valence-electron chi connectivity index (χ4n) is 2.18. The highest BCUT2D eigenvalue weighted by Crippen LogP contribution is 2.39. The van der Waals surface area contributed by atoms with Gasteiger partial charge in [-0.15, -0.1) is 0 Å². The molecular formula is C14H13ClF3N3O3S. The van der Waals surface area contributed by atoms with E-state index in [0.29, 0.717) is 0 Å². The molecule has 1 atom stereocenters. The molecule has 0 saturated carbocycles. The van der Waals surface area contributed by atoms with E-state index in [0.717, 1.165) is 36.1 Å². The quantitative estimate of drug-likeness (QED) is 0.796. The van der Waals surface area contributed by atoms with Crippen molar-refractivity contribution in [3.63, 3.8) is 0 Å². The molecule has 0 unspecified atom stereocenters. The molecule has 0 fully saturated rings. The number of rotatable bonds is 4. The number of hydrogen-bond acceptors (Lipinski definition) is 4. The van der Waals surface area contributed by atoms with Gasteiger partial charge >= 0.3 is 11.9 Å². The normalized spacial score (nSPS) is 13.9. The third kappa shape index (κ3) is 4.02. The SMILES string of the molecule is CN([C@H](c1ccc(Cl)cc1)C(F)(F)F)S(=O)(=O)c1cnc(=O)n(C)c1. The summed E-state index contributed by atoms with van der Waals surface area (Å²) in [5, 5.41) is 0.220. The number of sulfonamides is 1. The van der Waals surface area contributed by atoms with Crippen molar-refractivity contribution in [2.45, 2.75) is 17.1 Å². The van der Waals surface area contributed by atoms with E-state index in [-0.39, 0.29) is 14.9 Å². The summed E-state index contributed by atoms with van der Waals surface area (Å²) in [4.78, 5) is 14.1. The first-order valence-corrected chi connectivity index (χ1v) is 8.59. The number of aromatic nitrogens is 2. The van der Waals surface area contributed by atoms with Gasteiger partial charge in [0.2, 0.25) is 10.0 Å². The first-order chi connectivity index (χ1) is 11.4. The molecule has 0 amide bonds. The molecule has 1 aromatic carbocycles. The fraction of sp³-hybridized carbons (Fsp3) is 0.286. The van der Waals surface area contributed by atoms with Gasteiger partial charge in [-0.3, -0.25) is 0 Å². The van der Waals surface area contributed by atoms with Gasteiger partial charge in [0.25, 0.3) is 0 Å². The van der Waals surface area contributed by atoms with Crippen molar-refractivity contribution >= 4 is 21.6 Å². The summed E-state index contributed by atoms with van der Waals surface area (Å²) in [5.41, 5.74) is -1.02. The standard InChI is InChI=1S/C14H13ClF3N3O3S/c1-20-8-11(7-19-13(20)22)25(23,24)21(2)12(14(16,17)18)9-3-5-10(15)6-4-9/h3-8,12H,1-2H3/t12-/m1/s1. The van der Waals surface area contributed by atoms with Crippen LogP contribution in [0.15, 0.2) is 46.3 Å². The van der Waals surface area contributed by atoms with E-state index in [9.17, 15) is 26.4 Å². The van der Waals surface area contributed by atoms with Gasteiger partial charge in [-0.2, -0.15) is 17.5 Å². The summed E-state index contributed by atoms with van der Waals surface area (Å²) >= 11 is 5.67. The van der Waals surface area contributed by atoms with Gasteiger partial charge < -0.3 is 4.57 Å². The van der Waals surface area contributed by atoms with Crippen molar-refractivity contribution in [1.82, 2.24) is 13.9 Å². The zero-order chi connectivity index (χ0) is 19.0. The topological polar surface area (TPSA) is 72.3 Å². The molecular weight excluding hydrogens is 383 g/mol. The molecule has 0 aliphatic heterocycles. The summed E-state index contributed by atoms with van der Waals surface area (Å²) in [6, 6.07) is 2.26. The summed E-state index contributed by atoms with van der Waals surface area (Å²) in [5.74, 6) is 0. The average Bonchev–Trinajstić information content (AvgIpc) is 2.50. The lowest BCUT2D eigenvalue weighted by atomic mass is 10.1. The first-order valence-electron chi connectivity index (χ1n) is 6.77. The van der Waals surface area contributed by atoms with Crippen molar-refractivity contribution in [3.8, 4) is 0 Å². The Morgan fingerprint density at radius 1 is 1.24 bits per heavy atom. The van der Waals surface area contributed by atoms with Crippen molar-refractivity contribution in [1.29, 1.82) is 0 Å². The second kappa shape index (κ2) is 6.77. The minimum atomic E-state index is -4.87.